The minimum absolute atomic E-state index is 0.234. The Morgan fingerprint density at radius 2 is 2.33 bits per heavy atom. The molecular weight excluding hydrogens is 192 g/mol. The summed E-state index contributed by atoms with van der Waals surface area (Å²) in [6.07, 6.45) is 6.03. The maximum absolute atomic E-state index is 8.93. The van der Waals surface area contributed by atoms with E-state index in [1.807, 2.05) is 10.9 Å². The van der Waals surface area contributed by atoms with Gasteiger partial charge in [-0.1, -0.05) is 0 Å². The summed E-state index contributed by atoms with van der Waals surface area (Å²) in [4.78, 5) is 2.32. The van der Waals surface area contributed by atoms with Crippen molar-refractivity contribution in [2.75, 3.05) is 25.4 Å². The summed E-state index contributed by atoms with van der Waals surface area (Å²) in [5.41, 5.74) is 6.28. The minimum atomic E-state index is 0.234. The first-order valence-electron chi connectivity index (χ1n) is 5.42. The van der Waals surface area contributed by atoms with Crippen LogP contribution in [0.4, 0.5) is 5.69 Å². The molecule has 0 aliphatic heterocycles. The third-order valence-electron chi connectivity index (χ3n) is 2.72. The van der Waals surface area contributed by atoms with Crippen LogP contribution in [0.15, 0.2) is 12.4 Å². The van der Waals surface area contributed by atoms with E-state index in [0.717, 1.165) is 19.6 Å². The van der Waals surface area contributed by atoms with Crippen molar-refractivity contribution < 1.29 is 5.11 Å². The second-order valence-corrected chi connectivity index (χ2v) is 4.03. The number of aliphatic hydroxyl groups excluding tert-OH is 1. The third kappa shape index (κ3) is 2.94. The number of anilines is 1. The first-order valence-corrected chi connectivity index (χ1v) is 5.42. The number of aromatic nitrogens is 2. The predicted molar refractivity (Wildman–Crippen MR) is 58.3 cm³/mol. The molecule has 1 saturated carbocycles. The molecule has 0 saturated heterocycles. The molecule has 2 rings (SSSR count). The zero-order valence-electron chi connectivity index (χ0n) is 8.84. The highest BCUT2D eigenvalue weighted by atomic mass is 16.3. The molecule has 0 atom stereocenters. The molecule has 84 valence electrons. The summed E-state index contributed by atoms with van der Waals surface area (Å²) in [7, 11) is 0. The molecule has 1 aliphatic rings. The number of hydrogen-bond acceptors (Lipinski definition) is 4. The van der Waals surface area contributed by atoms with Crippen molar-refractivity contribution in [2.45, 2.75) is 25.4 Å². The monoisotopic (exact) mass is 210 g/mol. The normalized spacial score (nSPS) is 16.1. The van der Waals surface area contributed by atoms with Crippen molar-refractivity contribution in [1.29, 1.82) is 0 Å². The second kappa shape index (κ2) is 4.63. The van der Waals surface area contributed by atoms with Gasteiger partial charge in [0.25, 0.3) is 0 Å². The van der Waals surface area contributed by atoms with Gasteiger partial charge < -0.3 is 10.8 Å². The Kier molecular flexibility index (Phi) is 3.23. The van der Waals surface area contributed by atoms with Crippen LogP contribution in [0.5, 0.6) is 0 Å². The Morgan fingerprint density at radius 1 is 1.53 bits per heavy atom. The van der Waals surface area contributed by atoms with Crippen molar-refractivity contribution in [3.8, 4) is 0 Å². The Hall–Kier alpha value is -1.07. The average Bonchev–Trinajstić information content (AvgIpc) is 2.97. The van der Waals surface area contributed by atoms with Gasteiger partial charge in [0.1, 0.15) is 0 Å². The maximum atomic E-state index is 8.93. The van der Waals surface area contributed by atoms with Gasteiger partial charge in [-0.3, -0.25) is 9.58 Å². The molecule has 1 fully saturated rings. The van der Waals surface area contributed by atoms with E-state index in [4.69, 9.17) is 10.8 Å². The van der Waals surface area contributed by atoms with Gasteiger partial charge in [-0.2, -0.15) is 5.10 Å². The second-order valence-electron chi connectivity index (χ2n) is 4.03. The Balaban J connectivity index is 1.79. The summed E-state index contributed by atoms with van der Waals surface area (Å²) < 4.78 is 1.85. The molecule has 0 bridgehead atoms. The Morgan fingerprint density at radius 3 is 2.87 bits per heavy atom. The summed E-state index contributed by atoms with van der Waals surface area (Å²) >= 11 is 0. The van der Waals surface area contributed by atoms with E-state index in [1.165, 1.54) is 12.8 Å². The first kappa shape index (κ1) is 10.4. The summed E-state index contributed by atoms with van der Waals surface area (Å²) in [6, 6.07) is 0.685. The molecule has 0 amide bonds. The molecule has 3 N–H and O–H groups in total. The zero-order valence-corrected chi connectivity index (χ0v) is 8.84. The molecule has 1 aromatic heterocycles. The van der Waals surface area contributed by atoms with E-state index >= 15 is 0 Å². The van der Waals surface area contributed by atoms with Crippen molar-refractivity contribution >= 4 is 5.69 Å². The smallest absolute Gasteiger partial charge is 0.0719 e. The van der Waals surface area contributed by atoms with Crippen LogP contribution in [-0.4, -0.2) is 45.5 Å². The van der Waals surface area contributed by atoms with Crippen LogP contribution >= 0.6 is 0 Å². The van der Waals surface area contributed by atoms with E-state index in [1.54, 1.807) is 6.20 Å². The largest absolute Gasteiger partial charge is 0.396 e. The maximum Gasteiger partial charge on any atom is 0.0719 e. The predicted octanol–water partition coefficient (Wildman–Crippen LogP) is -0.0780. The van der Waals surface area contributed by atoms with Crippen molar-refractivity contribution in [2.24, 2.45) is 0 Å². The number of hydrogen-bond donors (Lipinski definition) is 2. The van der Waals surface area contributed by atoms with Crippen molar-refractivity contribution in [1.82, 2.24) is 14.7 Å². The van der Waals surface area contributed by atoms with Gasteiger partial charge in [0.05, 0.1) is 25.0 Å². The lowest BCUT2D eigenvalue weighted by atomic mass is 10.4. The third-order valence-corrected chi connectivity index (χ3v) is 2.72. The first-order chi connectivity index (χ1) is 7.29. The lowest BCUT2D eigenvalue weighted by molar-refractivity contribution is 0.183. The minimum Gasteiger partial charge on any atom is -0.396 e. The average molecular weight is 210 g/mol. The van der Waals surface area contributed by atoms with Crippen molar-refractivity contribution in [3.05, 3.63) is 12.4 Å². The fraction of sp³-hybridized carbons (Fsp3) is 0.700. The van der Waals surface area contributed by atoms with Crippen LogP contribution in [0.25, 0.3) is 0 Å². The lowest BCUT2D eigenvalue weighted by Gasteiger charge is -2.20. The van der Waals surface area contributed by atoms with Gasteiger partial charge in [0.2, 0.25) is 0 Å². The Bertz CT molecular complexity index is 308. The quantitative estimate of drug-likeness (QED) is 0.689. The van der Waals surface area contributed by atoms with Crippen LogP contribution in [0.2, 0.25) is 0 Å². The van der Waals surface area contributed by atoms with Crippen LogP contribution in [0, 0.1) is 0 Å². The zero-order chi connectivity index (χ0) is 10.7. The molecule has 1 heterocycles. The summed E-state index contributed by atoms with van der Waals surface area (Å²) in [5, 5.41) is 13.1. The van der Waals surface area contributed by atoms with E-state index in [0.29, 0.717) is 11.7 Å². The highest BCUT2D eigenvalue weighted by Crippen LogP contribution is 2.26. The summed E-state index contributed by atoms with van der Waals surface area (Å²) in [5.74, 6) is 0. The molecule has 1 aliphatic carbocycles. The fourth-order valence-electron chi connectivity index (χ4n) is 1.78. The van der Waals surface area contributed by atoms with Crippen LogP contribution in [-0.2, 0) is 6.54 Å². The molecule has 15 heavy (non-hydrogen) atoms. The molecule has 1 aromatic rings. The molecule has 0 unspecified atom stereocenters. The summed E-state index contributed by atoms with van der Waals surface area (Å²) in [6.45, 7) is 2.78. The fourth-order valence-corrected chi connectivity index (χ4v) is 1.78. The van der Waals surface area contributed by atoms with Gasteiger partial charge in [-0.15, -0.1) is 0 Å². The van der Waals surface area contributed by atoms with Gasteiger partial charge >= 0.3 is 0 Å². The molecular formula is C10H18N4O. The Labute approximate surface area is 89.5 Å². The van der Waals surface area contributed by atoms with Crippen LogP contribution in [0.1, 0.15) is 12.8 Å². The van der Waals surface area contributed by atoms with E-state index in [9.17, 15) is 0 Å². The van der Waals surface area contributed by atoms with Gasteiger partial charge in [-0.05, 0) is 12.8 Å². The number of rotatable bonds is 6. The van der Waals surface area contributed by atoms with Gasteiger partial charge in [-0.25, -0.2) is 0 Å². The SMILES string of the molecule is Nc1cnn(CCN(CCO)C2CC2)c1. The molecule has 0 radical (unpaired) electrons. The highest BCUT2D eigenvalue weighted by Gasteiger charge is 2.27. The molecule has 5 heteroatoms. The van der Waals surface area contributed by atoms with E-state index in [2.05, 4.69) is 10.00 Å². The van der Waals surface area contributed by atoms with Crippen LogP contribution < -0.4 is 5.73 Å². The molecule has 0 spiro atoms. The molecule has 5 nitrogen and oxygen atoms in total. The number of nitrogen functional groups attached to an aromatic ring is 1. The lowest BCUT2D eigenvalue weighted by Crippen LogP contribution is -2.32. The molecule has 0 aromatic carbocycles. The van der Waals surface area contributed by atoms with Crippen LogP contribution in [0.3, 0.4) is 0 Å². The van der Waals surface area contributed by atoms with Gasteiger partial charge in [0, 0.05) is 25.3 Å². The highest BCUT2D eigenvalue weighted by molar-refractivity contribution is 5.30. The number of nitrogens with two attached hydrogens (primary N) is 1. The topological polar surface area (TPSA) is 67.3 Å². The van der Waals surface area contributed by atoms with E-state index in [-0.39, 0.29) is 6.61 Å². The number of aliphatic hydroxyl groups is 1. The van der Waals surface area contributed by atoms with Crippen molar-refractivity contribution in [3.63, 3.8) is 0 Å². The van der Waals surface area contributed by atoms with E-state index < -0.39 is 0 Å². The van der Waals surface area contributed by atoms with Gasteiger partial charge in [0.15, 0.2) is 0 Å². The number of nitrogens with zero attached hydrogens (tertiary/aromatic N) is 3. The standard InChI is InChI=1S/C10H18N4O/c11-9-7-12-14(8-9)4-3-13(5-6-15)10-1-2-10/h7-8,10,15H,1-6,11H2.